The molecule has 0 radical (unpaired) electrons. The summed E-state index contributed by atoms with van der Waals surface area (Å²) in [5.74, 6) is 0.305. The Kier molecular flexibility index (Phi) is 4.63. The molecule has 0 saturated carbocycles. The summed E-state index contributed by atoms with van der Waals surface area (Å²) in [5.41, 5.74) is 1.07. The number of imide groups is 1. The van der Waals surface area contributed by atoms with Gasteiger partial charge in [0.1, 0.15) is 12.3 Å². The third kappa shape index (κ3) is 3.21. The number of nitrogens with zero attached hydrogens (tertiary/aromatic N) is 6. The van der Waals surface area contributed by atoms with Crippen molar-refractivity contribution in [2.75, 3.05) is 12.0 Å². The standard InChI is InChI=1S/C20H15ClN6O4/c1-30-12-8-6-11(7-9-12)27-19(28)16-17(20(27)29)26(25-23-16)10-15-22-18(24-31-15)13-4-2-3-5-14(13)21/h2-9,16-17H,10H2,1H3/t16-,17+/m1/s1. The van der Waals surface area contributed by atoms with Gasteiger partial charge in [-0.25, -0.2) is 4.90 Å². The molecule has 0 spiro atoms. The van der Waals surface area contributed by atoms with E-state index < -0.39 is 23.9 Å². The molecule has 2 aliphatic rings. The topological polar surface area (TPSA) is 113 Å². The summed E-state index contributed by atoms with van der Waals surface area (Å²) in [4.78, 5) is 31.3. The van der Waals surface area contributed by atoms with Crippen LogP contribution in [0.15, 0.2) is 63.4 Å². The number of amides is 2. The third-order valence-corrected chi connectivity index (χ3v) is 5.40. The molecule has 0 aliphatic carbocycles. The molecule has 5 rings (SSSR count). The Morgan fingerprint density at radius 2 is 1.87 bits per heavy atom. The average Bonchev–Trinajstić information content (AvgIpc) is 3.47. The number of hydrogen-bond donors (Lipinski definition) is 0. The lowest BCUT2D eigenvalue weighted by Gasteiger charge is -2.19. The maximum Gasteiger partial charge on any atom is 0.263 e. The smallest absolute Gasteiger partial charge is 0.263 e. The first-order chi connectivity index (χ1) is 15.1. The van der Waals surface area contributed by atoms with Crippen molar-refractivity contribution >= 4 is 29.1 Å². The largest absolute Gasteiger partial charge is 0.497 e. The minimum atomic E-state index is -0.916. The summed E-state index contributed by atoms with van der Waals surface area (Å²) in [6.45, 7) is 0.0254. The van der Waals surface area contributed by atoms with Crippen LogP contribution in [0.25, 0.3) is 11.4 Å². The summed E-state index contributed by atoms with van der Waals surface area (Å²) in [5, 5.41) is 13.8. The van der Waals surface area contributed by atoms with Gasteiger partial charge in [0.05, 0.1) is 17.8 Å². The van der Waals surface area contributed by atoms with E-state index in [1.807, 2.05) is 6.07 Å². The van der Waals surface area contributed by atoms with E-state index in [4.69, 9.17) is 20.9 Å². The van der Waals surface area contributed by atoms with Gasteiger partial charge in [-0.1, -0.05) is 34.1 Å². The third-order valence-electron chi connectivity index (χ3n) is 5.07. The fourth-order valence-electron chi connectivity index (χ4n) is 3.55. The number of carbonyl (C=O) groups excluding carboxylic acids is 2. The van der Waals surface area contributed by atoms with Crippen LogP contribution in [-0.4, -0.2) is 46.2 Å². The first kappa shape index (κ1) is 19.2. The molecule has 10 nitrogen and oxygen atoms in total. The van der Waals surface area contributed by atoms with E-state index in [0.29, 0.717) is 27.8 Å². The molecule has 2 amide bonds. The molecule has 0 bridgehead atoms. The maximum absolute atomic E-state index is 13.1. The highest BCUT2D eigenvalue weighted by atomic mass is 35.5. The first-order valence-corrected chi connectivity index (χ1v) is 9.71. The van der Waals surface area contributed by atoms with E-state index in [1.165, 1.54) is 5.01 Å². The minimum absolute atomic E-state index is 0.0254. The van der Waals surface area contributed by atoms with Crippen LogP contribution < -0.4 is 9.64 Å². The molecule has 31 heavy (non-hydrogen) atoms. The number of aromatic nitrogens is 2. The highest BCUT2D eigenvalue weighted by Crippen LogP contribution is 2.33. The van der Waals surface area contributed by atoms with Gasteiger partial charge in [0, 0.05) is 5.56 Å². The van der Waals surface area contributed by atoms with Crippen molar-refractivity contribution in [1.82, 2.24) is 15.1 Å². The molecule has 11 heteroatoms. The van der Waals surface area contributed by atoms with Crippen molar-refractivity contribution in [3.8, 4) is 17.1 Å². The molecular weight excluding hydrogens is 424 g/mol. The molecule has 3 aromatic rings. The van der Waals surface area contributed by atoms with Gasteiger partial charge >= 0.3 is 0 Å². The monoisotopic (exact) mass is 438 g/mol. The van der Waals surface area contributed by atoms with Crippen molar-refractivity contribution in [3.05, 3.63) is 59.4 Å². The number of ether oxygens (including phenoxy) is 1. The number of anilines is 1. The molecule has 0 unspecified atom stereocenters. The van der Waals surface area contributed by atoms with Crippen molar-refractivity contribution in [2.45, 2.75) is 18.6 Å². The molecule has 1 aromatic heterocycles. The number of rotatable bonds is 5. The molecule has 3 heterocycles. The Morgan fingerprint density at radius 1 is 1.10 bits per heavy atom. The average molecular weight is 439 g/mol. The summed E-state index contributed by atoms with van der Waals surface area (Å²) >= 11 is 6.18. The van der Waals surface area contributed by atoms with E-state index in [9.17, 15) is 9.59 Å². The van der Waals surface area contributed by atoms with Gasteiger partial charge in [-0.2, -0.15) is 10.1 Å². The Labute approximate surface area is 181 Å². The normalized spacial score (nSPS) is 19.9. The Morgan fingerprint density at radius 3 is 2.61 bits per heavy atom. The van der Waals surface area contributed by atoms with Crippen LogP contribution >= 0.6 is 11.6 Å². The summed E-state index contributed by atoms with van der Waals surface area (Å²) in [6, 6.07) is 12.0. The summed E-state index contributed by atoms with van der Waals surface area (Å²) in [7, 11) is 1.54. The Bertz CT molecular complexity index is 1190. The van der Waals surface area contributed by atoms with E-state index in [2.05, 4.69) is 20.5 Å². The summed E-state index contributed by atoms with van der Waals surface area (Å²) < 4.78 is 10.4. The minimum Gasteiger partial charge on any atom is -0.497 e. The molecule has 2 aliphatic heterocycles. The second kappa shape index (κ2) is 7.47. The highest BCUT2D eigenvalue weighted by Gasteiger charge is 2.55. The SMILES string of the molecule is COc1ccc(N2C(=O)[C@@H]3[C@@H](N=NN3Cc3nc(-c4ccccc4Cl)no3)C2=O)cc1. The van der Waals surface area contributed by atoms with E-state index in [1.54, 1.807) is 49.6 Å². The van der Waals surface area contributed by atoms with Gasteiger partial charge < -0.3 is 9.26 Å². The number of halogens is 1. The number of methoxy groups -OCH3 is 1. The van der Waals surface area contributed by atoms with Crippen LogP contribution in [0.4, 0.5) is 5.69 Å². The van der Waals surface area contributed by atoms with Gasteiger partial charge in [0.15, 0.2) is 12.1 Å². The van der Waals surface area contributed by atoms with Crippen molar-refractivity contribution in [1.29, 1.82) is 0 Å². The van der Waals surface area contributed by atoms with Gasteiger partial charge in [0.25, 0.3) is 11.8 Å². The first-order valence-electron chi connectivity index (χ1n) is 9.33. The quantitative estimate of drug-likeness (QED) is 0.562. The van der Waals surface area contributed by atoms with E-state index in [-0.39, 0.29) is 12.4 Å². The lowest BCUT2D eigenvalue weighted by molar-refractivity contribution is -0.123. The van der Waals surface area contributed by atoms with Gasteiger partial charge in [-0.05, 0) is 36.4 Å². The number of hydrogen-bond acceptors (Lipinski definition) is 9. The van der Waals surface area contributed by atoms with Crippen molar-refractivity contribution < 1.29 is 18.8 Å². The zero-order valence-electron chi connectivity index (χ0n) is 16.2. The summed E-state index contributed by atoms with van der Waals surface area (Å²) in [6.07, 6.45) is 0. The van der Waals surface area contributed by atoms with Crippen LogP contribution in [0.5, 0.6) is 5.75 Å². The predicted octanol–water partition coefficient (Wildman–Crippen LogP) is 2.89. The number of carbonyl (C=O) groups is 2. The molecule has 1 fully saturated rings. The Balaban J connectivity index is 1.36. The lowest BCUT2D eigenvalue weighted by atomic mass is 10.1. The van der Waals surface area contributed by atoms with Crippen LogP contribution in [0.2, 0.25) is 5.02 Å². The second-order valence-electron chi connectivity index (χ2n) is 6.89. The molecule has 2 atom stereocenters. The van der Waals surface area contributed by atoms with E-state index in [0.717, 1.165) is 4.90 Å². The molecular formula is C20H15ClN6O4. The Hall–Kier alpha value is -3.79. The molecule has 1 saturated heterocycles. The zero-order valence-corrected chi connectivity index (χ0v) is 16.9. The fourth-order valence-corrected chi connectivity index (χ4v) is 3.77. The molecule has 156 valence electrons. The second-order valence-corrected chi connectivity index (χ2v) is 7.30. The van der Waals surface area contributed by atoms with Crippen LogP contribution in [0.3, 0.4) is 0 Å². The van der Waals surface area contributed by atoms with Gasteiger partial charge in [-0.3, -0.25) is 14.6 Å². The maximum atomic E-state index is 13.1. The number of fused-ring (bicyclic) bond motifs is 1. The zero-order chi connectivity index (χ0) is 21.5. The molecule has 2 aromatic carbocycles. The lowest BCUT2D eigenvalue weighted by Crippen LogP contribution is -2.39. The van der Waals surface area contributed by atoms with Crippen LogP contribution in [0, 0.1) is 0 Å². The highest BCUT2D eigenvalue weighted by molar-refractivity contribution is 6.33. The van der Waals surface area contributed by atoms with Crippen molar-refractivity contribution in [3.63, 3.8) is 0 Å². The van der Waals surface area contributed by atoms with Gasteiger partial charge in [0.2, 0.25) is 11.7 Å². The van der Waals surface area contributed by atoms with Crippen LogP contribution in [-0.2, 0) is 16.1 Å². The van der Waals surface area contributed by atoms with Crippen LogP contribution in [0.1, 0.15) is 5.89 Å². The predicted molar refractivity (Wildman–Crippen MR) is 108 cm³/mol. The number of benzene rings is 2. The molecule has 0 N–H and O–H groups in total. The van der Waals surface area contributed by atoms with Crippen molar-refractivity contribution in [2.24, 2.45) is 10.3 Å². The van der Waals surface area contributed by atoms with E-state index >= 15 is 0 Å². The fraction of sp³-hybridized carbons (Fsp3) is 0.200. The van der Waals surface area contributed by atoms with Gasteiger partial charge in [-0.15, -0.1) is 0 Å².